The van der Waals surface area contributed by atoms with Gasteiger partial charge in [-0.05, 0) is 78.5 Å². The molecule has 0 aliphatic rings. The first-order valence-corrected chi connectivity index (χ1v) is 12.3. The number of fused-ring (bicyclic) bond motifs is 3. The minimum absolute atomic E-state index is 1.17. The maximum atomic E-state index is 4.53. The van der Waals surface area contributed by atoms with Crippen LogP contribution in [-0.4, -0.2) is 4.98 Å². The lowest BCUT2D eigenvalue weighted by molar-refractivity contribution is 1.37. The van der Waals surface area contributed by atoms with E-state index in [0.29, 0.717) is 0 Å². The molecule has 0 atom stereocenters. The Morgan fingerprint density at radius 2 is 0.944 bits per heavy atom. The molecule has 36 heavy (non-hydrogen) atoms. The Morgan fingerprint density at radius 3 is 1.69 bits per heavy atom. The van der Waals surface area contributed by atoms with Crippen LogP contribution in [0.3, 0.4) is 0 Å². The Bertz CT molecular complexity index is 1870. The fourth-order valence-electron chi connectivity index (χ4n) is 5.45. The number of pyridine rings is 1. The SMILES string of the molecule is c1ccc(-c2c3ccc(-c4ccc5ccccc5c4)cc3c(-c3ccccc3)c3ccncc23)cc1. The van der Waals surface area contributed by atoms with Gasteiger partial charge in [-0.1, -0.05) is 109 Å². The van der Waals surface area contributed by atoms with Crippen LogP contribution >= 0.6 is 0 Å². The van der Waals surface area contributed by atoms with Crippen LogP contribution in [0.5, 0.6) is 0 Å². The van der Waals surface area contributed by atoms with Gasteiger partial charge in [-0.25, -0.2) is 0 Å². The average molecular weight is 458 g/mol. The molecular weight excluding hydrogens is 434 g/mol. The third kappa shape index (κ3) is 3.37. The van der Waals surface area contributed by atoms with Crippen LogP contribution in [0.4, 0.5) is 0 Å². The van der Waals surface area contributed by atoms with E-state index in [9.17, 15) is 0 Å². The average Bonchev–Trinajstić information content (AvgIpc) is 2.96. The second-order valence-electron chi connectivity index (χ2n) is 9.23. The van der Waals surface area contributed by atoms with Crippen LogP contribution in [0, 0.1) is 0 Å². The highest BCUT2D eigenvalue weighted by atomic mass is 14.6. The van der Waals surface area contributed by atoms with E-state index in [2.05, 4.69) is 132 Å². The normalized spacial score (nSPS) is 11.3. The predicted molar refractivity (Wildman–Crippen MR) is 153 cm³/mol. The summed E-state index contributed by atoms with van der Waals surface area (Å²) >= 11 is 0. The summed E-state index contributed by atoms with van der Waals surface area (Å²) in [5.41, 5.74) is 7.36. The number of aromatic nitrogens is 1. The van der Waals surface area contributed by atoms with Crippen molar-refractivity contribution >= 4 is 32.3 Å². The van der Waals surface area contributed by atoms with Crippen LogP contribution < -0.4 is 0 Å². The second kappa shape index (κ2) is 8.48. The van der Waals surface area contributed by atoms with Gasteiger partial charge in [0.05, 0.1) is 0 Å². The third-order valence-corrected chi connectivity index (χ3v) is 7.13. The van der Waals surface area contributed by atoms with E-state index in [1.165, 1.54) is 65.7 Å². The van der Waals surface area contributed by atoms with E-state index >= 15 is 0 Å². The molecule has 0 amide bonds. The molecule has 0 unspecified atom stereocenters. The van der Waals surface area contributed by atoms with Gasteiger partial charge in [-0.2, -0.15) is 0 Å². The molecule has 1 aromatic heterocycles. The zero-order valence-corrected chi connectivity index (χ0v) is 19.7. The minimum atomic E-state index is 1.17. The fraction of sp³-hybridized carbons (Fsp3) is 0. The van der Waals surface area contributed by atoms with E-state index in [-0.39, 0.29) is 0 Å². The Kier molecular flexibility index (Phi) is 4.85. The molecule has 1 nitrogen and oxygen atoms in total. The first kappa shape index (κ1) is 20.6. The number of rotatable bonds is 3. The largest absolute Gasteiger partial charge is 0.264 e. The lowest BCUT2D eigenvalue weighted by Gasteiger charge is -2.18. The van der Waals surface area contributed by atoms with Crippen molar-refractivity contribution in [1.82, 2.24) is 4.98 Å². The van der Waals surface area contributed by atoms with E-state index in [4.69, 9.17) is 0 Å². The fourth-order valence-corrected chi connectivity index (χ4v) is 5.45. The highest BCUT2D eigenvalue weighted by molar-refractivity contribution is 6.21. The van der Waals surface area contributed by atoms with Gasteiger partial charge in [0, 0.05) is 17.8 Å². The standard InChI is InChI=1S/C35H23N/c1-3-10-25(11-4-1)34-31-19-20-36-23-33(31)35(26-12-5-2-6-13-26)30-18-17-29(22-32(30)34)28-16-15-24-9-7-8-14-27(24)21-28/h1-23H. The van der Waals surface area contributed by atoms with Crippen LogP contribution in [0.2, 0.25) is 0 Å². The quantitative estimate of drug-likeness (QED) is 0.241. The van der Waals surface area contributed by atoms with Gasteiger partial charge in [0.1, 0.15) is 0 Å². The Hall–Kier alpha value is -4.75. The van der Waals surface area contributed by atoms with Gasteiger partial charge >= 0.3 is 0 Å². The molecule has 0 saturated heterocycles. The van der Waals surface area contributed by atoms with Gasteiger partial charge in [-0.3, -0.25) is 4.98 Å². The van der Waals surface area contributed by atoms with Crippen LogP contribution in [0.15, 0.2) is 140 Å². The molecular formula is C35H23N. The van der Waals surface area contributed by atoms with Gasteiger partial charge in [-0.15, -0.1) is 0 Å². The smallest absolute Gasteiger partial charge is 0.0353 e. The summed E-state index contributed by atoms with van der Waals surface area (Å²) in [6.07, 6.45) is 3.92. The van der Waals surface area contributed by atoms with Gasteiger partial charge in [0.25, 0.3) is 0 Å². The highest BCUT2D eigenvalue weighted by Crippen LogP contribution is 2.44. The van der Waals surface area contributed by atoms with E-state index < -0.39 is 0 Å². The van der Waals surface area contributed by atoms with Crippen molar-refractivity contribution in [3.05, 3.63) is 140 Å². The Morgan fingerprint density at radius 1 is 0.361 bits per heavy atom. The highest BCUT2D eigenvalue weighted by Gasteiger charge is 2.17. The van der Waals surface area contributed by atoms with Crippen molar-refractivity contribution in [2.24, 2.45) is 0 Å². The summed E-state index contributed by atoms with van der Waals surface area (Å²) in [4.78, 5) is 4.53. The lowest BCUT2D eigenvalue weighted by atomic mass is 9.85. The second-order valence-corrected chi connectivity index (χ2v) is 9.23. The zero-order valence-electron chi connectivity index (χ0n) is 19.7. The summed E-state index contributed by atoms with van der Waals surface area (Å²) < 4.78 is 0. The molecule has 0 bridgehead atoms. The van der Waals surface area contributed by atoms with Crippen molar-refractivity contribution in [3.8, 4) is 33.4 Å². The van der Waals surface area contributed by atoms with Crippen molar-refractivity contribution in [2.75, 3.05) is 0 Å². The Labute approximate surface area is 210 Å². The number of hydrogen-bond acceptors (Lipinski definition) is 1. The van der Waals surface area contributed by atoms with E-state index in [1.807, 2.05) is 12.4 Å². The molecule has 7 rings (SSSR count). The molecule has 0 spiro atoms. The van der Waals surface area contributed by atoms with Gasteiger partial charge in [0.15, 0.2) is 0 Å². The van der Waals surface area contributed by atoms with Crippen molar-refractivity contribution in [2.45, 2.75) is 0 Å². The molecule has 6 aromatic carbocycles. The minimum Gasteiger partial charge on any atom is -0.264 e. The zero-order chi connectivity index (χ0) is 23.9. The molecule has 1 heterocycles. The summed E-state index contributed by atoms with van der Waals surface area (Å²) in [6, 6.07) is 45.8. The van der Waals surface area contributed by atoms with E-state index in [1.54, 1.807) is 0 Å². The summed E-state index contributed by atoms with van der Waals surface area (Å²) in [5.74, 6) is 0. The molecule has 0 N–H and O–H groups in total. The maximum Gasteiger partial charge on any atom is 0.0353 e. The first-order valence-electron chi connectivity index (χ1n) is 12.3. The third-order valence-electron chi connectivity index (χ3n) is 7.13. The lowest BCUT2D eigenvalue weighted by Crippen LogP contribution is -1.92. The topological polar surface area (TPSA) is 12.9 Å². The maximum absolute atomic E-state index is 4.53. The van der Waals surface area contributed by atoms with Gasteiger partial charge < -0.3 is 0 Å². The molecule has 0 fully saturated rings. The number of nitrogens with zero attached hydrogens (tertiary/aromatic N) is 1. The summed E-state index contributed by atoms with van der Waals surface area (Å²) in [7, 11) is 0. The number of benzene rings is 6. The van der Waals surface area contributed by atoms with Crippen molar-refractivity contribution in [3.63, 3.8) is 0 Å². The molecule has 0 aliphatic carbocycles. The molecule has 7 aromatic rings. The van der Waals surface area contributed by atoms with E-state index in [0.717, 1.165) is 0 Å². The van der Waals surface area contributed by atoms with Crippen molar-refractivity contribution in [1.29, 1.82) is 0 Å². The molecule has 168 valence electrons. The monoisotopic (exact) mass is 457 g/mol. The molecule has 1 heteroatoms. The molecule has 0 aliphatic heterocycles. The van der Waals surface area contributed by atoms with Crippen LogP contribution in [0.25, 0.3) is 65.7 Å². The first-order chi connectivity index (χ1) is 17.9. The van der Waals surface area contributed by atoms with Crippen molar-refractivity contribution < 1.29 is 0 Å². The van der Waals surface area contributed by atoms with Crippen LogP contribution in [0.1, 0.15) is 0 Å². The number of hydrogen-bond donors (Lipinski definition) is 0. The van der Waals surface area contributed by atoms with Crippen LogP contribution in [-0.2, 0) is 0 Å². The summed E-state index contributed by atoms with van der Waals surface area (Å²) in [6.45, 7) is 0. The molecule has 0 saturated carbocycles. The predicted octanol–water partition coefficient (Wildman–Crippen LogP) is 9.54. The summed E-state index contributed by atoms with van der Waals surface area (Å²) in [5, 5.41) is 7.41. The Balaban J connectivity index is 1.60. The van der Waals surface area contributed by atoms with Gasteiger partial charge in [0.2, 0.25) is 0 Å². The molecule has 0 radical (unpaired) electrons.